The fourth-order valence-corrected chi connectivity index (χ4v) is 2.18. The van der Waals surface area contributed by atoms with Crippen LogP contribution in [-0.2, 0) is 0 Å². The van der Waals surface area contributed by atoms with Gasteiger partial charge in [-0.15, -0.1) is 0 Å². The first kappa shape index (κ1) is 13.8. The third kappa shape index (κ3) is 2.29. The Bertz CT molecular complexity index is 724. The van der Waals surface area contributed by atoms with Crippen molar-refractivity contribution in [2.75, 3.05) is 12.4 Å². The number of fused-ring (bicyclic) bond motifs is 3. The second-order valence-corrected chi connectivity index (χ2v) is 4.02. The highest BCUT2D eigenvalue weighted by Gasteiger charge is 2.15. The third-order valence-electron chi connectivity index (χ3n) is 2.40. The zero-order valence-electron chi connectivity index (χ0n) is 10.6. The van der Waals surface area contributed by atoms with Gasteiger partial charge in [0.2, 0.25) is 5.28 Å². The van der Waals surface area contributed by atoms with Crippen LogP contribution in [0.4, 0.5) is 5.82 Å². The fourth-order valence-electron chi connectivity index (χ4n) is 1.71. The van der Waals surface area contributed by atoms with E-state index in [-0.39, 0.29) is 10.4 Å². The Hall–Kier alpha value is -1.66. The molecule has 0 spiro atoms. The van der Waals surface area contributed by atoms with Gasteiger partial charge in [0.25, 0.3) is 0 Å². The lowest BCUT2D eigenvalue weighted by Crippen LogP contribution is -1.93. The molecule has 0 aliphatic heterocycles. The molecule has 0 amide bonds. The number of aromatic nitrogens is 5. The minimum absolute atomic E-state index is 0.0908. The Morgan fingerprint density at radius 3 is 2.58 bits per heavy atom. The van der Waals surface area contributed by atoms with Crippen LogP contribution in [0.5, 0.6) is 0 Å². The summed E-state index contributed by atoms with van der Waals surface area (Å²) in [6.45, 7) is 4.00. The van der Waals surface area contributed by atoms with E-state index >= 15 is 0 Å². The predicted molar refractivity (Wildman–Crippen MR) is 77.9 cm³/mol. The summed E-state index contributed by atoms with van der Waals surface area (Å²) in [5, 5.41) is 3.96. The van der Waals surface area contributed by atoms with Crippen LogP contribution >= 0.6 is 23.2 Å². The van der Waals surface area contributed by atoms with E-state index in [4.69, 9.17) is 23.2 Å². The number of nitrogens with one attached hydrogen (secondary N) is 2. The summed E-state index contributed by atoms with van der Waals surface area (Å²) in [4.78, 5) is 19.3. The van der Waals surface area contributed by atoms with Gasteiger partial charge in [-0.2, -0.15) is 4.98 Å². The molecule has 0 unspecified atom stereocenters. The first-order valence-electron chi connectivity index (χ1n) is 5.74. The number of anilines is 1. The van der Waals surface area contributed by atoms with Gasteiger partial charge in [-0.25, -0.2) is 15.0 Å². The van der Waals surface area contributed by atoms with Gasteiger partial charge < -0.3 is 10.3 Å². The van der Waals surface area contributed by atoms with Gasteiger partial charge in [0.1, 0.15) is 28.2 Å². The summed E-state index contributed by atoms with van der Waals surface area (Å²) >= 11 is 11.8. The van der Waals surface area contributed by atoms with Crippen molar-refractivity contribution in [1.82, 2.24) is 24.9 Å². The van der Waals surface area contributed by atoms with Crippen molar-refractivity contribution < 1.29 is 0 Å². The summed E-state index contributed by atoms with van der Waals surface area (Å²) in [6.07, 6.45) is 1.45. The van der Waals surface area contributed by atoms with E-state index in [2.05, 4.69) is 30.2 Å². The summed E-state index contributed by atoms with van der Waals surface area (Å²) in [5.41, 5.74) is 1.94. The fraction of sp³-hybridized carbons (Fsp3) is 0.273. The van der Waals surface area contributed by atoms with Crippen LogP contribution in [0, 0.1) is 0 Å². The Morgan fingerprint density at radius 1 is 1.16 bits per heavy atom. The van der Waals surface area contributed by atoms with Crippen molar-refractivity contribution >= 4 is 51.1 Å². The van der Waals surface area contributed by atoms with Crippen LogP contribution in [0.15, 0.2) is 6.33 Å². The molecule has 0 saturated carbocycles. The van der Waals surface area contributed by atoms with Crippen molar-refractivity contribution in [3.63, 3.8) is 0 Å². The van der Waals surface area contributed by atoms with E-state index in [0.717, 1.165) is 5.52 Å². The van der Waals surface area contributed by atoms with Gasteiger partial charge in [0, 0.05) is 7.05 Å². The SMILES string of the molecule is CC.CNc1ncnc2c1[nH]c1nc(Cl)nc(Cl)c12. The maximum absolute atomic E-state index is 6.04. The smallest absolute Gasteiger partial charge is 0.225 e. The average Bonchev–Trinajstić information content (AvgIpc) is 2.78. The van der Waals surface area contributed by atoms with E-state index < -0.39 is 0 Å². The third-order valence-corrected chi connectivity index (χ3v) is 2.84. The average molecular weight is 299 g/mol. The van der Waals surface area contributed by atoms with E-state index in [9.17, 15) is 0 Å². The van der Waals surface area contributed by atoms with Gasteiger partial charge in [0.15, 0.2) is 5.82 Å². The van der Waals surface area contributed by atoms with Crippen molar-refractivity contribution in [2.24, 2.45) is 0 Å². The molecular formula is C11H12Cl2N6. The molecular weight excluding hydrogens is 287 g/mol. The first-order valence-corrected chi connectivity index (χ1v) is 6.49. The van der Waals surface area contributed by atoms with Crippen molar-refractivity contribution in [2.45, 2.75) is 13.8 Å². The zero-order valence-corrected chi connectivity index (χ0v) is 12.1. The van der Waals surface area contributed by atoms with Gasteiger partial charge in [0.05, 0.1) is 5.39 Å². The monoisotopic (exact) mass is 298 g/mol. The standard InChI is InChI=1S/C9H6Cl2N6.C2H6/c1-12-8-5-4(13-2-14-8)3-6(10)16-9(11)17-7(3)15-5;1-2/h2H,1H3,(H,12,13,14)(H,15,16,17);1-2H3. The summed E-state index contributed by atoms with van der Waals surface area (Å²) in [7, 11) is 1.77. The quantitative estimate of drug-likeness (QED) is 0.532. The second-order valence-electron chi connectivity index (χ2n) is 3.33. The molecule has 0 radical (unpaired) electrons. The minimum atomic E-state index is 0.0908. The molecule has 2 N–H and O–H groups in total. The lowest BCUT2D eigenvalue weighted by Gasteiger charge is -1.98. The molecule has 3 aromatic rings. The molecule has 0 bridgehead atoms. The Morgan fingerprint density at radius 2 is 1.89 bits per heavy atom. The van der Waals surface area contributed by atoms with Crippen molar-refractivity contribution in [3.8, 4) is 0 Å². The molecule has 0 aliphatic carbocycles. The van der Waals surface area contributed by atoms with Crippen LogP contribution in [0.3, 0.4) is 0 Å². The number of rotatable bonds is 1. The van der Waals surface area contributed by atoms with E-state index in [1.54, 1.807) is 7.05 Å². The van der Waals surface area contributed by atoms with E-state index in [0.29, 0.717) is 22.4 Å². The molecule has 3 heterocycles. The highest BCUT2D eigenvalue weighted by Crippen LogP contribution is 2.30. The summed E-state index contributed by atoms with van der Waals surface area (Å²) in [5.74, 6) is 0.667. The largest absolute Gasteiger partial charge is 0.371 e. The Labute approximate surface area is 119 Å². The van der Waals surface area contributed by atoms with Crippen LogP contribution in [0.2, 0.25) is 10.4 Å². The van der Waals surface area contributed by atoms with E-state index in [1.807, 2.05) is 13.8 Å². The van der Waals surface area contributed by atoms with E-state index in [1.165, 1.54) is 6.33 Å². The van der Waals surface area contributed by atoms with Crippen LogP contribution in [-0.4, -0.2) is 32.0 Å². The molecule has 0 saturated heterocycles. The number of aromatic amines is 1. The zero-order chi connectivity index (χ0) is 14.0. The number of H-pyrrole nitrogens is 1. The molecule has 19 heavy (non-hydrogen) atoms. The molecule has 8 heteroatoms. The first-order chi connectivity index (χ1) is 9.20. The lowest BCUT2D eigenvalue weighted by atomic mass is 10.3. The van der Waals surface area contributed by atoms with Crippen LogP contribution in [0.1, 0.15) is 13.8 Å². The van der Waals surface area contributed by atoms with Crippen LogP contribution < -0.4 is 5.32 Å². The maximum Gasteiger partial charge on any atom is 0.225 e. The van der Waals surface area contributed by atoms with Gasteiger partial charge in [-0.1, -0.05) is 25.4 Å². The second kappa shape index (κ2) is 5.54. The molecule has 0 aromatic carbocycles. The summed E-state index contributed by atoms with van der Waals surface area (Å²) in [6, 6.07) is 0. The number of halogens is 2. The Balaban J connectivity index is 0.000000637. The van der Waals surface area contributed by atoms with Gasteiger partial charge in [-0.05, 0) is 11.6 Å². The Kier molecular flexibility index (Phi) is 4.01. The highest BCUT2D eigenvalue weighted by molar-refractivity contribution is 6.37. The predicted octanol–water partition coefficient (Wildman–Crippen LogP) is 3.28. The number of hydrogen-bond acceptors (Lipinski definition) is 5. The molecule has 0 atom stereocenters. The molecule has 6 nitrogen and oxygen atoms in total. The number of nitrogens with zero attached hydrogens (tertiary/aromatic N) is 4. The highest BCUT2D eigenvalue weighted by atomic mass is 35.5. The topological polar surface area (TPSA) is 79.4 Å². The molecule has 0 fully saturated rings. The van der Waals surface area contributed by atoms with Gasteiger partial charge >= 0.3 is 0 Å². The molecule has 0 aliphatic rings. The van der Waals surface area contributed by atoms with Crippen LogP contribution in [0.25, 0.3) is 22.1 Å². The normalized spacial score (nSPS) is 10.4. The number of hydrogen-bond donors (Lipinski definition) is 2. The molecule has 3 rings (SSSR count). The lowest BCUT2D eigenvalue weighted by molar-refractivity contribution is 1.20. The molecule has 3 aromatic heterocycles. The maximum atomic E-state index is 6.04. The van der Waals surface area contributed by atoms with Crippen molar-refractivity contribution in [1.29, 1.82) is 0 Å². The molecule has 100 valence electrons. The summed E-state index contributed by atoms with van der Waals surface area (Å²) < 4.78 is 0. The minimum Gasteiger partial charge on any atom is -0.371 e. The van der Waals surface area contributed by atoms with Gasteiger partial charge in [-0.3, -0.25) is 0 Å². The van der Waals surface area contributed by atoms with Crippen molar-refractivity contribution in [3.05, 3.63) is 16.8 Å².